The molecule has 0 fully saturated rings. The molecule has 0 bridgehead atoms. The van der Waals surface area contributed by atoms with Crippen molar-refractivity contribution in [3.05, 3.63) is 41.3 Å². The molecular formula is C14H13ClN4O2. The maximum absolute atomic E-state index is 5.85. The van der Waals surface area contributed by atoms with E-state index in [1.165, 1.54) is 7.11 Å². The second-order valence-corrected chi connectivity index (χ2v) is 4.75. The van der Waals surface area contributed by atoms with Crippen molar-refractivity contribution in [2.75, 3.05) is 14.2 Å². The summed E-state index contributed by atoms with van der Waals surface area (Å²) in [7, 11) is 3.17. The molecule has 0 spiro atoms. The molecule has 0 aliphatic heterocycles. The van der Waals surface area contributed by atoms with E-state index in [-0.39, 0.29) is 5.28 Å². The summed E-state index contributed by atoms with van der Waals surface area (Å²) in [5.41, 5.74) is 2.34. The Bertz CT molecular complexity index is 770. The molecule has 0 aliphatic rings. The maximum Gasteiger partial charge on any atom is 0.246 e. The van der Waals surface area contributed by atoms with Crippen LogP contribution in [0.3, 0.4) is 0 Å². The highest BCUT2D eigenvalue weighted by atomic mass is 35.5. The summed E-state index contributed by atoms with van der Waals surface area (Å²) in [5.74, 6) is 1.20. The Labute approximate surface area is 126 Å². The highest BCUT2D eigenvalue weighted by Gasteiger charge is 2.11. The standard InChI is InChI=1S/C14H13ClN4O2/c1-20-10-5-3-9(4-6-10)7-19-8-11-12(18-19)13(21-2)17-14(15)16-11/h3-6,8H,7H2,1-2H3. The smallest absolute Gasteiger partial charge is 0.246 e. The van der Waals surface area contributed by atoms with Crippen molar-refractivity contribution in [3.8, 4) is 11.6 Å². The molecule has 0 unspecified atom stereocenters. The lowest BCUT2D eigenvalue weighted by atomic mass is 10.2. The molecule has 0 aliphatic carbocycles. The van der Waals surface area contributed by atoms with Crippen LogP contribution in [0.1, 0.15) is 5.56 Å². The van der Waals surface area contributed by atoms with E-state index in [9.17, 15) is 0 Å². The van der Waals surface area contributed by atoms with Gasteiger partial charge in [0.2, 0.25) is 11.2 Å². The summed E-state index contributed by atoms with van der Waals surface area (Å²) >= 11 is 5.85. The molecule has 2 heterocycles. The predicted octanol–water partition coefficient (Wildman–Crippen LogP) is 2.55. The third-order valence-corrected chi connectivity index (χ3v) is 3.22. The lowest BCUT2D eigenvalue weighted by Crippen LogP contribution is -2.00. The first-order valence-electron chi connectivity index (χ1n) is 6.27. The van der Waals surface area contributed by atoms with Crippen molar-refractivity contribution >= 4 is 22.6 Å². The van der Waals surface area contributed by atoms with Gasteiger partial charge >= 0.3 is 0 Å². The zero-order chi connectivity index (χ0) is 14.8. The monoisotopic (exact) mass is 304 g/mol. The van der Waals surface area contributed by atoms with Crippen LogP contribution in [0, 0.1) is 0 Å². The van der Waals surface area contributed by atoms with Crippen molar-refractivity contribution in [2.45, 2.75) is 6.54 Å². The van der Waals surface area contributed by atoms with Crippen LogP contribution in [0.5, 0.6) is 11.6 Å². The molecule has 0 amide bonds. The summed E-state index contributed by atoms with van der Waals surface area (Å²) in [6, 6.07) is 7.80. The summed E-state index contributed by atoms with van der Waals surface area (Å²) in [4.78, 5) is 8.15. The van der Waals surface area contributed by atoms with Gasteiger partial charge in [-0.15, -0.1) is 0 Å². The normalized spacial score (nSPS) is 10.8. The van der Waals surface area contributed by atoms with Crippen LogP contribution in [0.2, 0.25) is 5.28 Å². The van der Waals surface area contributed by atoms with Gasteiger partial charge in [-0.2, -0.15) is 10.1 Å². The van der Waals surface area contributed by atoms with Gasteiger partial charge in [-0.1, -0.05) is 12.1 Å². The fraction of sp³-hybridized carbons (Fsp3) is 0.214. The number of hydrogen-bond donors (Lipinski definition) is 0. The first-order valence-corrected chi connectivity index (χ1v) is 6.65. The molecule has 0 saturated carbocycles. The van der Waals surface area contributed by atoms with Gasteiger partial charge in [0.1, 0.15) is 11.3 Å². The van der Waals surface area contributed by atoms with E-state index in [4.69, 9.17) is 21.1 Å². The minimum atomic E-state index is 0.142. The number of nitrogens with zero attached hydrogens (tertiary/aromatic N) is 4. The van der Waals surface area contributed by atoms with Crippen molar-refractivity contribution in [1.29, 1.82) is 0 Å². The van der Waals surface area contributed by atoms with E-state index in [1.807, 2.05) is 30.5 Å². The maximum atomic E-state index is 5.85. The van der Waals surface area contributed by atoms with Crippen LogP contribution in [-0.4, -0.2) is 34.0 Å². The highest BCUT2D eigenvalue weighted by molar-refractivity contribution is 6.28. The van der Waals surface area contributed by atoms with Gasteiger partial charge in [0, 0.05) is 0 Å². The molecule has 0 radical (unpaired) electrons. The van der Waals surface area contributed by atoms with Crippen LogP contribution in [0.15, 0.2) is 30.5 Å². The van der Waals surface area contributed by atoms with E-state index in [0.717, 1.165) is 11.3 Å². The Hall–Kier alpha value is -2.34. The lowest BCUT2D eigenvalue weighted by Gasteiger charge is -2.03. The minimum absolute atomic E-state index is 0.142. The summed E-state index contributed by atoms with van der Waals surface area (Å²) in [6.45, 7) is 0.612. The van der Waals surface area contributed by atoms with Gasteiger partial charge in [0.05, 0.1) is 27.0 Å². The van der Waals surface area contributed by atoms with E-state index >= 15 is 0 Å². The predicted molar refractivity (Wildman–Crippen MR) is 79.0 cm³/mol. The van der Waals surface area contributed by atoms with Gasteiger partial charge in [0.15, 0.2) is 5.52 Å². The molecule has 7 heteroatoms. The second kappa shape index (κ2) is 5.57. The molecule has 2 aromatic heterocycles. The fourth-order valence-corrected chi connectivity index (χ4v) is 2.22. The van der Waals surface area contributed by atoms with Crippen molar-refractivity contribution in [3.63, 3.8) is 0 Å². The molecule has 108 valence electrons. The number of rotatable bonds is 4. The Kier molecular flexibility index (Phi) is 3.62. The Balaban J connectivity index is 1.93. The van der Waals surface area contributed by atoms with Crippen LogP contribution < -0.4 is 9.47 Å². The second-order valence-electron chi connectivity index (χ2n) is 4.41. The average Bonchev–Trinajstić information content (AvgIpc) is 2.89. The number of fused-ring (bicyclic) bond motifs is 1. The van der Waals surface area contributed by atoms with Gasteiger partial charge < -0.3 is 9.47 Å². The number of hydrogen-bond acceptors (Lipinski definition) is 5. The first-order chi connectivity index (χ1) is 10.2. The van der Waals surface area contributed by atoms with E-state index < -0.39 is 0 Å². The fourth-order valence-electron chi connectivity index (χ4n) is 2.05. The molecule has 0 atom stereocenters. The third kappa shape index (κ3) is 2.75. The summed E-state index contributed by atoms with van der Waals surface area (Å²) in [5, 5.41) is 4.58. The van der Waals surface area contributed by atoms with E-state index in [2.05, 4.69) is 15.1 Å². The van der Waals surface area contributed by atoms with Crippen molar-refractivity contribution < 1.29 is 9.47 Å². The number of ether oxygens (including phenoxy) is 2. The topological polar surface area (TPSA) is 62.1 Å². The van der Waals surface area contributed by atoms with Crippen LogP contribution in [0.25, 0.3) is 11.0 Å². The number of halogens is 1. The van der Waals surface area contributed by atoms with Crippen molar-refractivity contribution in [2.24, 2.45) is 0 Å². The average molecular weight is 305 g/mol. The molecule has 3 rings (SSSR count). The largest absolute Gasteiger partial charge is 0.497 e. The van der Waals surface area contributed by atoms with Crippen LogP contribution >= 0.6 is 11.6 Å². The number of methoxy groups -OCH3 is 2. The summed E-state index contributed by atoms with van der Waals surface area (Å²) < 4.78 is 12.1. The van der Waals surface area contributed by atoms with Gasteiger partial charge in [0.25, 0.3) is 0 Å². The van der Waals surface area contributed by atoms with Crippen LogP contribution in [-0.2, 0) is 6.54 Å². The lowest BCUT2D eigenvalue weighted by molar-refractivity contribution is 0.401. The Morgan fingerprint density at radius 1 is 1.10 bits per heavy atom. The zero-order valence-electron chi connectivity index (χ0n) is 11.6. The van der Waals surface area contributed by atoms with Gasteiger partial charge in [-0.25, -0.2) is 4.98 Å². The molecular weight excluding hydrogens is 292 g/mol. The molecule has 3 aromatic rings. The van der Waals surface area contributed by atoms with Gasteiger partial charge in [-0.3, -0.25) is 4.68 Å². The van der Waals surface area contributed by atoms with Crippen molar-refractivity contribution in [1.82, 2.24) is 19.7 Å². The van der Waals surface area contributed by atoms with Crippen LogP contribution in [0.4, 0.5) is 0 Å². The van der Waals surface area contributed by atoms with E-state index in [0.29, 0.717) is 23.5 Å². The SMILES string of the molecule is COc1ccc(Cn2cc3nc(Cl)nc(OC)c3n2)cc1. The van der Waals surface area contributed by atoms with Gasteiger partial charge in [-0.05, 0) is 29.3 Å². The van der Waals surface area contributed by atoms with E-state index in [1.54, 1.807) is 11.8 Å². The summed E-state index contributed by atoms with van der Waals surface area (Å²) in [6.07, 6.45) is 1.82. The first kappa shape index (κ1) is 13.6. The number of benzene rings is 1. The third-order valence-electron chi connectivity index (χ3n) is 3.05. The molecule has 1 aromatic carbocycles. The molecule has 6 nitrogen and oxygen atoms in total. The highest BCUT2D eigenvalue weighted by Crippen LogP contribution is 2.22. The molecule has 21 heavy (non-hydrogen) atoms. The quantitative estimate of drug-likeness (QED) is 0.693. The Morgan fingerprint density at radius 3 is 2.52 bits per heavy atom. The number of aromatic nitrogens is 4. The Morgan fingerprint density at radius 2 is 1.86 bits per heavy atom. The molecule has 0 N–H and O–H groups in total. The minimum Gasteiger partial charge on any atom is -0.497 e. The molecule has 0 saturated heterocycles. The zero-order valence-corrected chi connectivity index (χ0v) is 12.3.